The summed E-state index contributed by atoms with van der Waals surface area (Å²) in [6, 6.07) is 15.6. The molecule has 0 amide bonds. The summed E-state index contributed by atoms with van der Waals surface area (Å²) in [5, 5.41) is 12.4. The van der Waals surface area contributed by atoms with E-state index >= 15 is 0 Å². The molecule has 0 N–H and O–H groups in total. The van der Waals surface area contributed by atoms with Crippen molar-refractivity contribution in [1.29, 1.82) is 0 Å². The number of ether oxygens (including phenoxy) is 5. The first-order chi connectivity index (χ1) is 30.5. The Hall–Kier alpha value is -0.0630. The summed E-state index contributed by atoms with van der Waals surface area (Å²) >= 11 is 7.35. The molecule has 2 saturated heterocycles. The van der Waals surface area contributed by atoms with Crippen LogP contribution in [0.5, 0.6) is 0 Å². The van der Waals surface area contributed by atoms with E-state index in [1.165, 1.54) is 0 Å². The predicted molar refractivity (Wildman–Crippen MR) is 276 cm³/mol. The number of nitro benzene ring substituents is 1. The molecule has 0 radical (unpaired) electrons. The van der Waals surface area contributed by atoms with Crippen molar-refractivity contribution in [2.45, 2.75) is 235 Å². The molecule has 2 fully saturated rings. The standard InChI is InChI=1S/C47H90ClNO11SeSi4/c1-18-63(19-2,20-3)54-32-36(48)42(53-34-52-15)41(60-65(24-7,25-8)26-9)35(33-61-40-30-28-27-29-37(40)49(50)51)38(58-64(21-4,22-5)23-6)31-39-43(59-62(16,17)46(10,11)12)44-45(55-39)57-47(13,14)56-44/h27-30,35-36,38-39,41-45H,18-26,31-34H2,1-17H3/t35-,36+,38+,39+,41+,42+,43-,44+,45+/m0/s1. The summed E-state index contributed by atoms with van der Waals surface area (Å²) in [7, 11) is -7.62. The van der Waals surface area contributed by atoms with Crippen molar-refractivity contribution >= 4 is 70.0 Å². The SMILES string of the molecule is CC[Si](CC)(CC)OC[C@@H](Cl)[C@@H](OCOC)[C@H](O[Si](CC)(CC)CC)[C@@H](C[Se]c1ccccc1[N+](=O)[O-])[C@@H](C[C@H]1O[C@@H]2OC(C)(C)O[C@@H]2[C@H]1O[Si](C)(C)C(C)(C)C)O[Si](CC)(CC)CC. The van der Waals surface area contributed by atoms with Gasteiger partial charge in [0.05, 0.1) is 0 Å². The number of para-hydroxylation sites is 1. The maximum atomic E-state index is 12.5. The molecule has 2 aliphatic heterocycles. The summed E-state index contributed by atoms with van der Waals surface area (Å²) in [6.07, 6.45) is -3.08. The van der Waals surface area contributed by atoms with E-state index in [1.807, 2.05) is 26.0 Å². The summed E-state index contributed by atoms with van der Waals surface area (Å²) in [4.78, 5) is 12.3. The average molecular weight is 1070 g/mol. The molecule has 65 heavy (non-hydrogen) atoms. The Morgan fingerprint density at radius 2 is 1.37 bits per heavy atom. The van der Waals surface area contributed by atoms with Crippen LogP contribution in [0.25, 0.3) is 0 Å². The van der Waals surface area contributed by atoms with Crippen LogP contribution in [-0.4, -0.2) is 128 Å². The molecule has 1 aromatic carbocycles. The van der Waals surface area contributed by atoms with Gasteiger partial charge in [-0.1, -0.05) is 0 Å². The fourth-order valence-corrected chi connectivity index (χ4v) is 22.0. The number of fused-ring (bicyclic) bond motifs is 1. The van der Waals surface area contributed by atoms with Gasteiger partial charge < -0.3 is 0 Å². The number of methoxy groups -OCH3 is 1. The summed E-state index contributed by atoms with van der Waals surface area (Å²) in [5.41, 5.74) is 0.127. The molecular formula is C47H90ClNO11SeSi4. The number of halogens is 1. The summed E-state index contributed by atoms with van der Waals surface area (Å²) in [5.74, 6) is -1.16. The topological polar surface area (TPSA) is 126 Å². The number of nitro groups is 1. The molecule has 0 spiro atoms. The van der Waals surface area contributed by atoms with Gasteiger partial charge in [0.25, 0.3) is 0 Å². The van der Waals surface area contributed by atoms with Crippen LogP contribution in [0.4, 0.5) is 5.69 Å². The van der Waals surface area contributed by atoms with E-state index in [0.717, 1.165) is 58.9 Å². The van der Waals surface area contributed by atoms with Crippen molar-refractivity contribution in [3.63, 3.8) is 0 Å². The van der Waals surface area contributed by atoms with Crippen molar-refractivity contribution in [2.75, 3.05) is 20.5 Å². The Balaban J connectivity index is 2.42. The second kappa shape index (κ2) is 25.9. The van der Waals surface area contributed by atoms with Crippen molar-refractivity contribution in [2.24, 2.45) is 5.92 Å². The zero-order valence-corrected chi connectivity index (χ0v) is 49.9. The van der Waals surface area contributed by atoms with E-state index in [4.69, 9.17) is 53.0 Å². The molecule has 2 heterocycles. The predicted octanol–water partition coefficient (Wildman–Crippen LogP) is 12.0. The van der Waals surface area contributed by atoms with Gasteiger partial charge >= 0.3 is 412 Å². The molecule has 0 aliphatic carbocycles. The van der Waals surface area contributed by atoms with E-state index in [0.29, 0.717) is 18.3 Å². The third kappa shape index (κ3) is 15.2. The Morgan fingerprint density at radius 3 is 1.88 bits per heavy atom. The molecule has 0 bridgehead atoms. The van der Waals surface area contributed by atoms with Gasteiger partial charge in [-0.05, 0) is 0 Å². The number of hydrogen-bond donors (Lipinski definition) is 0. The third-order valence-corrected chi connectivity index (χ3v) is 36.7. The van der Waals surface area contributed by atoms with Crippen molar-refractivity contribution < 1.29 is 46.3 Å². The molecule has 0 saturated carbocycles. The van der Waals surface area contributed by atoms with Crippen LogP contribution in [0, 0.1) is 16.0 Å². The molecule has 0 unspecified atom stereocenters. The Kier molecular flexibility index (Phi) is 23.6. The molecule has 0 aromatic heterocycles. The number of benzene rings is 1. The van der Waals surface area contributed by atoms with Crippen LogP contribution in [0.15, 0.2) is 24.3 Å². The van der Waals surface area contributed by atoms with E-state index in [1.54, 1.807) is 19.2 Å². The Bertz CT molecular complexity index is 1560. The van der Waals surface area contributed by atoms with Crippen molar-refractivity contribution in [3.8, 4) is 0 Å². The van der Waals surface area contributed by atoms with Crippen LogP contribution in [-0.2, 0) is 41.4 Å². The maximum absolute atomic E-state index is 12.5. The molecule has 18 heteroatoms. The normalized spacial score (nSPS) is 23.0. The van der Waals surface area contributed by atoms with Gasteiger partial charge in [0.2, 0.25) is 0 Å². The quantitative estimate of drug-likeness (QED) is 0.0232. The van der Waals surface area contributed by atoms with E-state index in [9.17, 15) is 10.1 Å². The number of rotatable bonds is 31. The van der Waals surface area contributed by atoms with Gasteiger partial charge in [-0.25, -0.2) is 0 Å². The van der Waals surface area contributed by atoms with E-state index in [-0.39, 0.29) is 43.3 Å². The van der Waals surface area contributed by atoms with Gasteiger partial charge in [-0.15, -0.1) is 0 Å². The molecule has 2 aliphatic rings. The van der Waals surface area contributed by atoms with Gasteiger partial charge in [-0.3, -0.25) is 0 Å². The second-order valence-electron chi connectivity index (χ2n) is 20.3. The minimum absolute atomic E-state index is 0.0116. The average Bonchev–Trinajstić information content (AvgIpc) is 3.74. The molecule has 1 aromatic rings. The zero-order chi connectivity index (χ0) is 49.0. The zero-order valence-electron chi connectivity index (χ0n) is 43.4. The Labute approximate surface area is 410 Å². The van der Waals surface area contributed by atoms with E-state index in [2.05, 4.69) is 96.2 Å². The van der Waals surface area contributed by atoms with Crippen LogP contribution in [0.3, 0.4) is 0 Å². The number of nitrogens with zero attached hydrogens (tertiary/aromatic N) is 1. The first-order valence-electron chi connectivity index (χ1n) is 24.8. The third-order valence-electron chi connectivity index (χ3n) is 15.4. The first kappa shape index (κ1) is 59.2. The van der Waals surface area contributed by atoms with Gasteiger partial charge in [-0.2, -0.15) is 0 Å². The van der Waals surface area contributed by atoms with Gasteiger partial charge in [0, 0.05) is 0 Å². The molecular weight excluding hydrogens is 981 g/mol. The molecule has 3 rings (SSSR count). The molecule has 9 atom stereocenters. The summed E-state index contributed by atoms with van der Waals surface area (Å²) in [6.45, 7) is 35.6. The van der Waals surface area contributed by atoms with Crippen LogP contribution < -0.4 is 4.46 Å². The molecule has 378 valence electrons. The Morgan fingerprint density at radius 1 is 0.831 bits per heavy atom. The number of alkyl halides is 1. The fourth-order valence-electron chi connectivity index (χ4n) is 9.23. The van der Waals surface area contributed by atoms with E-state index < -0.39 is 87.3 Å². The van der Waals surface area contributed by atoms with Gasteiger partial charge in [0.1, 0.15) is 0 Å². The fraction of sp³-hybridized carbons (Fsp3) is 0.872. The van der Waals surface area contributed by atoms with Crippen LogP contribution in [0.2, 0.25) is 77.8 Å². The van der Waals surface area contributed by atoms with Crippen LogP contribution in [0.1, 0.15) is 103 Å². The van der Waals surface area contributed by atoms with Crippen molar-refractivity contribution in [3.05, 3.63) is 34.4 Å². The summed E-state index contributed by atoms with van der Waals surface area (Å²) < 4.78 is 63.4. The van der Waals surface area contributed by atoms with Gasteiger partial charge in [0.15, 0.2) is 0 Å². The minimum atomic E-state index is -2.43. The monoisotopic (exact) mass is 1070 g/mol. The first-order valence-corrected chi connectivity index (χ1v) is 37.8. The number of hydrogen-bond acceptors (Lipinski definition) is 11. The van der Waals surface area contributed by atoms with Crippen LogP contribution >= 0.6 is 11.6 Å². The molecule has 12 nitrogen and oxygen atoms in total. The second-order valence-corrected chi connectivity index (χ2v) is 42.0. The van der Waals surface area contributed by atoms with Crippen molar-refractivity contribution in [1.82, 2.24) is 0 Å².